The molecule has 1 heteroatoms. The molecule has 0 heterocycles. The predicted octanol–water partition coefficient (Wildman–Crippen LogP) is 2.63. The van der Waals surface area contributed by atoms with Crippen LogP contribution in [0.25, 0.3) is 0 Å². The topological polar surface area (TPSA) is 9.23 Å². The summed E-state index contributed by atoms with van der Waals surface area (Å²) in [5, 5.41) is 0. The number of rotatable bonds is 3. The number of hydrogen-bond acceptors (Lipinski definition) is 1. The van der Waals surface area contributed by atoms with Crippen LogP contribution < -0.4 is 0 Å². The van der Waals surface area contributed by atoms with Crippen molar-refractivity contribution in [1.82, 2.24) is 0 Å². The van der Waals surface area contributed by atoms with Crippen molar-refractivity contribution < 1.29 is 4.74 Å². The van der Waals surface area contributed by atoms with E-state index >= 15 is 0 Å². The van der Waals surface area contributed by atoms with Gasteiger partial charge in [0, 0.05) is 12.0 Å². The molecule has 0 saturated heterocycles. The van der Waals surface area contributed by atoms with Crippen LogP contribution in [0, 0.1) is 17.3 Å². The molecule has 0 saturated carbocycles. The largest absolute Gasteiger partial charge is 0.378 e. The lowest BCUT2D eigenvalue weighted by molar-refractivity contribution is 0.177. The second-order valence-corrected chi connectivity index (χ2v) is 3.58. The first-order valence-corrected chi connectivity index (χ1v) is 4.31. The SMILES string of the molecule is CCOC/C=C/C#CC(C)(C)C. The van der Waals surface area contributed by atoms with Gasteiger partial charge in [0.25, 0.3) is 0 Å². The van der Waals surface area contributed by atoms with Gasteiger partial charge in [0.15, 0.2) is 0 Å². The van der Waals surface area contributed by atoms with E-state index in [1.54, 1.807) is 0 Å². The van der Waals surface area contributed by atoms with Crippen molar-refractivity contribution in [2.45, 2.75) is 27.7 Å². The molecular weight excluding hydrogens is 148 g/mol. The van der Waals surface area contributed by atoms with Gasteiger partial charge in [-0.3, -0.25) is 0 Å². The van der Waals surface area contributed by atoms with Gasteiger partial charge in [0.1, 0.15) is 0 Å². The molecule has 0 unspecified atom stereocenters. The van der Waals surface area contributed by atoms with E-state index in [2.05, 4.69) is 32.6 Å². The smallest absolute Gasteiger partial charge is 0.0656 e. The third kappa shape index (κ3) is 9.26. The zero-order chi connectivity index (χ0) is 9.45. The Morgan fingerprint density at radius 3 is 2.50 bits per heavy atom. The normalized spacial score (nSPS) is 11.3. The molecule has 0 N–H and O–H groups in total. The molecule has 68 valence electrons. The highest BCUT2D eigenvalue weighted by Crippen LogP contribution is 2.09. The maximum absolute atomic E-state index is 5.11. The Labute approximate surface area is 75.8 Å². The molecule has 1 nitrogen and oxygen atoms in total. The molecule has 0 spiro atoms. The standard InChI is InChI=1S/C11H18O/c1-5-12-10-8-6-7-9-11(2,3)4/h6,8H,5,10H2,1-4H3/b8-6+. The Hall–Kier alpha value is -0.740. The van der Waals surface area contributed by atoms with Crippen LogP contribution in [0.2, 0.25) is 0 Å². The Kier molecular flexibility index (Phi) is 5.49. The fourth-order valence-corrected chi connectivity index (χ4v) is 0.551. The summed E-state index contributed by atoms with van der Waals surface area (Å²) in [5.74, 6) is 6.08. The molecule has 0 atom stereocenters. The molecule has 0 aliphatic rings. The molecule has 0 aromatic carbocycles. The van der Waals surface area contributed by atoms with Crippen LogP contribution in [-0.4, -0.2) is 13.2 Å². The maximum Gasteiger partial charge on any atom is 0.0656 e. The van der Waals surface area contributed by atoms with E-state index in [4.69, 9.17) is 4.74 Å². The summed E-state index contributed by atoms with van der Waals surface area (Å²) in [6.45, 7) is 9.68. The summed E-state index contributed by atoms with van der Waals surface area (Å²) < 4.78 is 5.11. The second kappa shape index (κ2) is 5.85. The third-order valence-electron chi connectivity index (χ3n) is 1.07. The molecule has 0 fully saturated rings. The van der Waals surface area contributed by atoms with Crippen LogP contribution in [0.15, 0.2) is 12.2 Å². The van der Waals surface area contributed by atoms with Crippen LogP contribution in [0.4, 0.5) is 0 Å². The monoisotopic (exact) mass is 166 g/mol. The van der Waals surface area contributed by atoms with Crippen LogP contribution >= 0.6 is 0 Å². The van der Waals surface area contributed by atoms with Crippen molar-refractivity contribution in [1.29, 1.82) is 0 Å². The molecule has 0 aliphatic carbocycles. The van der Waals surface area contributed by atoms with Crippen molar-refractivity contribution >= 4 is 0 Å². The van der Waals surface area contributed by atoms with Crippen molar-refractivity contribution in [2.75, 3.05) is 13.2 Å². The van der Waals surface area contributed by atoms with E-state index in [1.807, 2.05) is 19.1 Å². The van der Waals surface area contributed by atoms with Crippen molar-refractivity contribution in [3.05, 3.63) is 12.2 Å². The lowest BCUT2D eigenvalue weighted by Gasteiger charge is -2.05. The maximum atomic E-state index is 5.11. The summed E-state index contributed by atoms with van der Waals surface area (Å²) >= 11 is 0. The summed E-state index contributed by atoms with van der Waals surface area (Å²) in [6, 6.07) is 0. The minimum Gasteiger partial charge on any atom is -0.378 e. The van der Waals surface area contributed by atoms with Gasteiger partial charge in [-0.25, -0.2) is 0 Å². The van der Waals surface area contributed by atoms with Crippen molar-refractivity contribution in [3.63, 3.8) is 0 Å². The lowest BCUT2D eigenvalue weighted by Crippen LogP contribution is -1.98. The average molecular weight is 166 g/mol. The molecule has 0 radical (unpaired) electrons. The van der Waals surface area contributed by atoms with Gasteiger partial charge in [-0.1, -0.05) is 17.9 Å². The molecule has 0 amide bonds. The quantitative estimate of drug-likeness (QED) is 0.462. The van der Waals surface area contributed by atoms with Gasteiger partial charge in [-0.15, -0.1) is 0 Å². The fraction of sp³-hybridized carbons (Fsp3) is 0.636. The first-order chi connectivity index (χ1) is 5.56. The van der Waals surface area contributed by atoms with Gasteiger partial charge < -0.3 is 4.74 Å². The van der Waals surface area contributed by atoms with Gasteiger partial charge in [-0.2, -0.15) is 0 Å². The fourth-order valence-electron chi connectivity index (χ4n) is 0.551. The zero-order valence-corrected chi connectivity index (χ0v) is 8.48. The molecule has 12 heavy (non-hydrogen) atoms. The van der Waals surface area contributed by atoms with Crippen LogP contribution in [-0.2, 0) is 4.74 Å². The zero-order valence-electron chi connectivity index (χ0n) is 8.48. The Bertz CT molecular complexity index is 185. The Morgan fingerprint density at radius 2 is 2.00 bits per heavy atom. The minimum absolute atomic E-state index is 0.0932. The second-order valence-electron chi connectivity index (χ2n) is 3.58. The predicted molar refractivity (Wildman–Crippen MR) is 52.9 cm³/mol. The van der Waals surface area contributed by atoms with Gasteiger partial charge in [0.2, 0.25) is 0 Å². The van der Waals surface area contributed by atoms with E-state index in [0.29, 0.717) is 6.61 Å². The molecular formula is C11H18O. The first kappa shape index (κ1) is 11.3. The molecule has 0 rings (SSSR count). The number of allylic oxidation sites excluding steroid dienone is 1. The van der Waals surface area contributed by atoms with E-state index in [1.165, 1.54) is 0 Å². The van der Waals surface area contributed by atoms with Gasteiger partial charge >= 0.3 is 0 Å². The van der Waals surface area contributed by atoms with Crippen LogP contribution in [0.5, 0.6) is 0 Å². The number of hydrogen-bond donors (Lipinski definition) is 0. The Morgan fingerprint density at radius 1 is 1.33 bits per heavy atom. The highest BCUT2D eigenvalue weighted by atomic mass is 16.5. The van der Waals surface area contributed by atoms with Crippen molar-refractivity contribution in [3.8, 4) is 11.8 Å². The highest BCUT2D eigenvalue weighted by molar-refractivity contribution is 5.18. The minimum atomic E-state index is 0.0932. The molecule has 0 bridgehead atoms. The van der Waals surface area contributed by atoms with E-state index in [9.17, 15) is 0 Å². The third-order valence-corrected chi connectivity index (χ3v) is 1.07. The molecule has 0 aliphatic heterocycles. The molecule has 0 aromatic rings. The summed E-state index contributed by atoms with van der Waals surface area (Å²) in [7, 11) is 0. The van der Waals surface area contributed by atoms with E-state index < -0.39 is 0 Å². The van der Waals surface area contributed by atoms with Gasteiger partial charge in [-0.05, 0) is 33.8 Å². The number of ether oxygens (including phenoxy) is 1. The van der Waals surface area contributed by atoms with E-state index in [-0.39, 0.29) is 5.41 Å². The summed E-state index contributed by atoms with van der Waals surface area (Å²) in [6.07, 6.45) is 3.78. The Balaban J connectivity index is 3.63. The van der Waals surface area contributed by atoms with Crippen LogP contribution in [0.1, 0.15) is 27.7 Å². The summed E-state index contributed by atoms with van der Waals surface area (Å²) in [5.41, 5.74) is 0.0932. The highest BCUT2D eigenvalue weighted by Gasteiger charge is 2.01. The van der Waals surface area contributed by atoms with E-state index in [0.717, 1.165) is 6.61 Å². The molecule has 0 aromatic heterocycles. The summed E-state index contributed by atoms with van der Waals surface area (Å²) in [4.78, 5) is 0. The first-order valence-electron chi connectivity index (χ1n) is 4.31. The van der Waals surface area contributed by atoms with Crippen LogP contribution in [0.3, 0.4) is 0 Å². The average Bonchev–Trinajstić information content (AvgIpc) is 1.94. The van der Waals surface area contributed by atoms with Crippen molar-refractivity contribution in [2.24, 2.45) is 5.41 Å². The van der Waals surface area contributed by atoms with Gasteiger partial charge in [0.05, 0.1) is 6.61 Å². The lowest BCUT2D eigenvalue weighted by atomic mass is 9.98.